The normalized spacial score (nSPS) is 13.2. The van der Waals surface area contributed by atoms with Crippen LogP contribution < -0.4 is 9.64 Å². The van der Waals surface area contributed by atoms with Gasteiger partial charge in [-0.05, 0) is 24.3 Å². The Labute approximate surface area is 174 Å². The summed E-state index contributed by atoms with van der Waals surface area (Å²) in [6, 6.07) is 14.0. The number of amides is 1. The van der Waals surface area contributed by atoms with Gasteiger partial charge in [-0.1, -0.05) is 35.9 Å². The number of nitrogens with zero attached hydrogens (tertiary/aromatic N) is 2. The lowest BCUT2D eigenvalue weighted by Gasteiger charge is -2.29. The van der Waals surface area contributed by atoms with Gasteiger partial charge < -0.3 is 14.5 Å². The summed E-state index contributed by atoms with van der Waals surface area (Å²) in [5.41, 5.74) is 1.37. The van der Waals surface area contributed by atoms with Crippen LogP contribution in [0.1, 0.15) is 27.6 Å². The van der Waals surface area contributed by atoms with Gasteiger partial charge in [0.1, 0.15) is 16.5 Å². The molecule has 7 heteroatoms. The van der Waals surface area contributed by atoms with Crippen molar-refractivity contribution in [2.24, 2.45) is 0 Å². The molecule has 0 spiro atoms. The summed E-state index contributed by atoms with van der Waals surface area (Å²) in [5.74, 6) is -0.490. The predicted octanol–water partition coefficient (Wildman–Crippen LogP) is 3.51. The van der Waals surface area contributed by atoms with E-state index in [9.17, 15) is 14.4 Å². The second kappa shape index (κ2) is 8.49. The van der Waals surface area contributed by atoms with E-state index < -0.39 is 11.6 Å². The number of hydrogen-bond donors (Lipinski definition) is 0. The van der Waals surface area contributed by atoms with E-state index in [-0.39, 0.29) is 34.3 Å². The Morgan fingerprint density at radius 3 is 2.10 bits per heavy atom. The molecule has 0 unspecified atom stereocenters. The van der Waals surface area contributed by atoms with Gasteiger partial charge in [0.25, 0.3) is 0 Å². The molecule has 1 aliphatic rings. The van der Waals surface area contributed by atoms with Gasteiger partial charge in [-0.2, -0.15) is 0 Å². The number of Topliss-reactive ketones (excluding diaryl/α,β-unsaturated/α-hetero) is 2. The lowest BCUT2D eigenvalue weighted by atomic mass is 9.92. The van der Waals surface area contributed by atoms with E-state index in [1.807, 2.05) is 36.2 Å². The Bertz CT molecular complexity index is 998. The maximum absolute atomic E-state index is 13.0. The van der Waals surface area contributed by atoms with Crippen molar-refractivity contribution in [3.8, 4) is 5.75 Å². The number of likely N-dealkylation sites (N-methyl/N-ethyl adjacent to an activating group) is 1. The number of ether oxygens (including phenoxy) is 1. The van der Waals surface area contributed by atoms with Crippen LogP contribution >= 0.6 is 11.6 Å². The minimum absolute atomic E-state index is 0.0639. The monoisotopic (exact) mass is 412 g/mol. The van der Waals surface area contributed by atoms with Crippen LogP contribution in [0.2, 0.25) is 0 Å². The Kier molecular flexibility index (Phi) is 6.03. The van der Waals surface area contributed by atoms with Gasteiger partial charge in [-0.3, -0.25) is 14.4 Å². The first kappa shape index (κ1) is 20.6. The lowest BCUT2D eigenvalue weighted by molar-refractivity contribution is -0.126. The average molecular weight is 413 g/mol. The number of carbonyl (C=O) groups is 3. The number of methoxy groups -OCH3 is 1. The first-order valence-electron chi connectivity index (χ1n) is 9.06. The number of carbonyl (C=O) groups excluding carboxylic acids is 3. The maximum atomic E-state index is 13.0. The van der Waals surface area contributed by atoms with Crippen molar-refractivity contribution in [1.82, 2.24) is 4.90 Å². The van der Waals surface area contributed by atoms with Crippen molar-refractivity contribution < 1.29 is 19.1 Å². The zero-order valence-corrected chi connectivity index (χ0v) is 17.2. The topological polar surface area (TPSA) is 66.9 Å². The Morgan fingerprint density at radius 1 is 0.966 bits per heavy atom. The number of fused-ring (bicyclic) bond motifs is 1. The van der Waals surface area contributed by atoms with Crippen molar-refractivity contribution in [3.05, 3.63) is 70.4 Å². The van der Waals surface area contributed by atoms with E-state index in [2.05, 4.69) is 0 Å². The molecule has 150 valence electrons. The Morgan fingerprint density at radius 2 is 1.55 bits per heavy atom. The molecule has 6 nitrogen and oxygen atoms in total. The van der Waals surface area contributed by atoms with E-state index >= 15 is 0 Å². The molecule has 3 rings (SSSR count). The molecule has 0 aliphatic heterocycles. The first-order chi connectivity index (χ1) is 13.8. The van der Waals surface area contributed by atoms with E-state index in [4.69, 9.17) is 16.3 Å². The molecule has 29 heavy (non-hydrogen) atoms. The van der Waals surface area contributed by atoms with Crippen LogP contribution in [0.3, 0.4) is 0 Å². The molecule has 0 radical (unpaired) electrons. The van der Waals surface area contributed by atoms with Crippen LogP contribution in [-0.2, 0) is 4.79 Å². The SMILES string of the molecule is COc1ccc(N(C)CCN(C(C)=O)C2=C(Cl)C(=O)c3ccccc3C2=O)cc1. The van der Waals surface area contributed by atoms with Crippen LogP contribution in [0.4, 0.5) is 5.69 Å². The van der Waals surface area contributed by atoms with E-state index in [0.29, 0.717) is 6.54 Å². The summed E-state index contributed by atoms with van der Waals surface area (Å²) >= 11 is 6.25. The fourth-order valence-electron chi connectivity index (χ4n) is 3.22. The Balaban J connectivity index is 1.84. The molecule has 2 aromatic carbocycles. The number of halogens is 1. The molecule has 0 bridgehead atoms. The van der Waals surface area contributed by atoms with Gasteiger partial charge in [0.05, 0.1) is 7.11 Å². The summed E-state index contributed by atoms with van der Waals surface area (Å²) in [5, 5.41) is -0.226. The number of anilines is 1. The number of benzene rings is 2. The van der Waals surface area contributed by atoms with Crippen molar-refractivity contribution in [3.63, 3.8) is 0 Å². The third-order valence-corrected chi connectivity index (χ3v) is 5.21. The molecule has 0 aromatic heterocycles. The van der Waals surface area contributed by atoms with Gasteiger partial charge >= 0.3 is 0 Å². The van der Waals surface area contributed by atoms with E-state index in [1.54, 1.807) is 31.4 Å². The number of hydrogen-bond acceptors (Lipinski definition) is 5. The van der Waals surface area contributed by atoms with Gasteiger partial charge in [0.2, 0.25) is 17.5 Å². The quantitative estimate of drug-likeness (QED) is 0.726. The number of ketones is 2. The highest BCUT2D eigenvalue weighted by Crippen LogP contribution is 2.30. The fraction of sp³-hybridized carbons (Fsp3) is 0.227. The molecule has 1 aliphatic carbocycles. The third kappa shape index (κ3) is 4.03. The molecule has 2 aromatic rings. The predicted molar refractivity (Wildman–Crippen MR) is 112 cm³/mol. The standard InChI is InChI=1S/C22H21ClN2O4/c1-14(26)25(13-12-24(2)15-8-10-16(29-3)11-9-15)20-19(23)21(27)17-6-4-5-7-18(17)22(20)28/h4-11H,12-13H2,1-3H3. The second-order valence-electron chi connectivity index (χ2n) is 6.66. The zero-order chi connectivity index (χ0) is 21.1. The largest absolute Gasteiger partial charge is 0.497 e. The van der Waals surface area contributed by atoms with E-state index in [0.717, 1.165) is 11.4 Å². The molecule has 0 saturated carbocycles. The highest BCUT2D eigenvalue weighted by molar-refractivity contribution is 6.50. The zero-order valence-electron chi connectivity index (χ0n) is 16.4. The van der Waals surface area contributed by atoms with Crippen LogP contribution in [0.25, 0.3) is 0 Å². The molecule has 1 amide bonds. The van der Waals surface area contributed by atoms with Gasteiger partial charge in [-0.25, -0.2) is 0 Å². The third-order valence-electron chi connectivity index (χ3n) is 4.86. The first-order valence-corrected chi connectivity index (χ1v) is 9.44. The summed E-state index contributed by atoms with van der Waals surface area (Å²) in [6.07, 6.45) is 0. The molecule has 0 saturated heterocycles. The summed E-state index contributed by atoms with van der Waals surface area (Å²) in [7, 11) is 3.47. The van der Waals surface area contributed by atoms with Gasteiger partial charge in [0, 0.05) is 43.9 Å². The van der Waals surface area contributed by atoms with Gasteiger partial charge in [-0.15, -0.1) is 0 Å². The summed E-state index contributed by atoms with van der Waals surface area (Å²) in [6.45, 7) is 1.98. The van der Waals surface area contributed by atoms with Crippen molar-refractivity contribution in [1.29, 1.82) is 0 Å². The van der Waals surface area contributed by atoms with Crippen molar-refractivity contribution in [2.45, 2.75) is 6.92 Å². The molecule has 0 heterocycles. The molecule has 0 atom stereocenters. The lowest BCUT2D eigenvalue weighted by Crippen LogP contribution is -2.40. The van der Waals surface area contributed by atoms with E-state index in [1.165, 1.54) is 11.8 Å². The summed E-state index contributed by atoms with van der Waals surface area (Å²) in [4.78, 5) is 41.1. The number of allylic oxidation sites excluding steroid dienone is 2. The van der Waals surface area contributed by atoms with Crippen molar-refractivity contribution >= 4 is 34.8 Å². The molecule has 0 N–H and O–H groups in total. The minimum Gasteiger partial charge on any atom is -0.497 e. The highest BCUT2D eigenvalue weighted by Gasteiger charge is 2.35. The van der Waals surface area contributed by atoms with Crippen molar-refractivity contribution in [2.75, 3.05) is 32.1 Å². The number of rotatable bonds is 6. The summed E-state index contributed by atoms with van der Waals surface area (Å²) < 4.78 is 5.16. The Hall–Kier alpha value is -3.12. The minimum atomic E-state index is -0.452. The highest BCUT2D eigenvalue weighted by atomic mass is 35.5. The van der Waals surface area contributed by atoms with Gasteiger partial charge in [0.15, 0.2) is 0 Å². The fourth-order valence-corrected chi connectivity index (χ4v) is 3.51. The van der Waals surface area contributed by atoms with Crippen LogP contribution in [0, 0.1) is 0 Å². The molecule has 0 fully saturated rings. The molecular weight excluding hydrogens is 392 g/mol. The van der Waals surface area contributed by atoms with Crippen LogP contribution in [0.5, 0.6) is 5.75 Å². The van der Waals surface area contributed by atoms with Crippen LogP contribution in [0.15, 0.2) is 59.3 Å². The van der Waals surface area contributed by atoms with Crippen LogP contribution in [-0.4, -0.2) is 49.6 Å². The molecular formula is C22H21ClN2O4. The average Bonchev–Trinajstić information content (AvgIpc) is 2.74. The smallest absolute Gasteiger partial charge is 0.224 e. The second-order valence-corrected chi connectivity index (χ2v) is 7.03. The maximum Gasteiger partial charge on any atom is 0.224 e.